The zero-order chi connectivity index (χ0) is 20.7. The van der Waals surface area contributed by atoms with Gasteiger partial charge >= 0.3 is 0 Å². The number of halogens is 1. The minimum absolute atomic E-state index is 0.135. The number of fused-ring (bicyclic) bond motifs is 2. The van der Waals surface area contributed by atoms with Crippen molar-refractivity contribution in [2.24, 2.45) is 0 Å². The summed E-state index contributed by atoms with van der Waals surface area (Å²) in [7, 11) is 0. The number of rotatable bonds is 2. The van der Waals surface area contributed by atoms with Crippen LogP contribution in [-0.2, 0) is 0 Å². The zero-order valence-electron chi connectivity index (χ0n) is 16.1. The third-order valence-electron chi connectivity index (χ3n) is 5.47. The van der Waals surface area contributed by atoms with Crippen molar-refractivity contribution < 1.29 is 4.79 Å². The van der Waals surface area contributed by atoms with Crippen molar-refractivity contribution in [3.05, 3.63) is 99.4 Å². The Morgan fingerprint density at radius 1 is 1.03 bits per heavy atom. The molecule has 0 radical (unpaired) electrons. The normalized spacial score (nSPS) is 14.2. The molecule has 1 aliphatic rings. The van der Waals surface area contributed by atoms with Crippen LogP contribution in [0.4, 0.5) is 0 Å². The maximum absolute atomic E-state index is 13.3. The van der Waals surface area contributed by atoms with Gasteiger partial charge in [-0.1, -0.05) is 48.0 Å². The lowest BCUT2D eigenvalue weighted by atomic mass is 9.99. The Labute approximate surface area is 177 Å². The molecule has 0 aliphatic carbocycles. The average molecular weight is 416 g/mol. The van der Waals surface area contributed by atoms with Crippen LogP contribution in [0.5, 0.6) is 0 Å². The molecule has 148 valence electrons. The molecule has 0 spiro atoms. The molecule has 0 atom stereocenters. The first-order chi connectivity index (χ1) is 14.6. The molecule has 0 saturated heterocycles. The molecule has 1 aliphatic heterocycles. The van der Waals surface area contributed by atoms with Crippen LogP contribution in [0.2, 0.25) is 5.02 Å². The molecule has 3 heterocycles. The van der Waals surface area contributed by atoms with Gasteiger partial charge in [-0.2, -0.15) is 0 Å². The van der Waals surface area contributed by atoms with Gasteiger partial charge < -0.3 is 4.90 Å². The van der Waals surface area contributed by atoms with E-state index in [9.17, 15) is 9.59 Å². The Balaban J connectivity index is 1.53. The number of nitrogens with zero attached hydrogens (tertiary/aromatic N) is 3. The van der Waals surface area contributed by atoms with Gasteiger partial charge in [0.25, 0.3) is 11.5 Å². The Kier molecular flexibility index (Phi) is 4.60. The van der Waals surface area contributed by atoms with E-state index in [1.165, 1.54) is 15.5 Å². The maximum atomic E-state index is 13.3. The van der Waals surface area contributed by atoms with Crippen molar-refractivity contribution in [1.29, 1.82) is 0 Å². The molecule has 30 heavy (non-hydrogen) atoms. The molecule has 2 aromatic carbocycles. The summed E-state index contributed by atoms with van der Waals surface area (Å²) in [6.45, 7) is 1.14. The van der Waals surface area contributed by atoms with E-state index in [0.717, 1.165) is 6.42 Å². The highest BCUT2D eigenvalue weighted by Gasteiger charge is 2.22. The predicted octanol–water partition coefficient (Wildman–Crippen LogP) is 4.43. The van der Waals surface area contributed by atoms with Gasteiger partial charge in [0.2, 0.25) is 0 Å². The molecular formula is C24H18ClN3O2. The Morgan fingerprint density at radius 3 is 2.63 bits per heavy atom. The van der Waals surface area contributed by atoms with Gasteiger partial charge in [0, 0.05) is 24.3 Å². The molecule has 4 aromatic rings. The third kappa shape index (κ3) is 3.17. The van der Waals surface area contributed by atoms with Crippen molar-refractivity contribution in [1.82, 2.24) is 14.3 Å². The number of hydrogen-bond acceptors (Lipinski definition) is 3. The number of carbonyl (C=O) groups excluding carboxylic acids is 1. The smallest absolute Gasteiger partial charge is 0.265 e. The monoisotopic (exact) mass is 415 g/mol. The molecule has 0 N–H and O–H groups in total. The van der Waals surface area contributed by atoms with E-state index in [4.69, 9.17) is 11.6 Å². The average Bonchev–Trinajstić information content (AvgIpc) is 2.79. The zero-order valence-corrected chi connectivity index (χ0v) is 16.8. The fourth-order valence-corrected chi connectivity index (χ4v) is 4.07. The highest BCUT2D eigenvalue weighted by atomic mass is 35.5. The summed E-state index contributed by atoms with van der Waals surface area (Å²) in [5.74, 6) is -0.135. The molecule has 0 bridgehead atoms. The largest absolute Gasteiger partial charge is 0.334 e. The summed E-state index contributed by atoms with van der Waals surface area (Å²) in [4.78, 5) is 32.6. The molecule has 5 nitrogen and oxygen atoms in total. The van der Waals surface area contributed by atoms with Crippen LogP contribution < -0.4 is 5.56 Å². The Hall–Kier alpha value is -3.44. The summed E-state index contributed by atoms with van der Waals surface area (Å²) in [6, 6.07) is 18.6. The second-order valence-corrected chi connectivity index (χ2v) is 7.73. The van der Waals surface area contributed by atoms with Crippen LogP contribution in [0, 0.1) is 0 Å². The minimum Gasteiger partial charge on any atom is -0.334 e. The van der Waals surface area contributed by atoms with Crippen LogP contribution in [0.15, 0.2) is 77.7 Å². The molecule has 1 amide bonds. The lowest BCUT2D eigenvalue weighted by molar-refractivity contribution is 0.0774. The molecule has 5 rings (SSSR count). The lowest BCUT2D eigenvalue weighted by Crippen LogP contribution is -2.35. The summed E-state index contributed by atoms with van der Waals surface area (Å²) in [5.41, 5.74) is 3.45. The van der Waals surface area contributed by atoms with Crippen molar-refractivity contribution in [2.75, 3.05) is 13.1 Å². The second-order valence-electron chi connectivity index (χ2n) is 7.29. The molecule has 0 unspecified atom stereocenters. The number of aromatic nitrogens is 2. The van der Waals surface area contributed by atoms with Crippen molar-refractivity contribution in [2.45, 2.75) is 6.42 Å². The summed E-state index contributed by atoms with van der Waals surface area (Å²) in [6.07, 6.45) is 4.52. The van der Waals surface area contributed by atoms with Gasteiger partial charge in [-0.05, 0) is 47.9 Å². The van der Waals surface area contributed by atoms with Gasteiger partial charge in [0.1, 0.15) is 0 Å². The first-order valence-corrected chi connectivity index (χ1v) is 10.1. The molecule has 0 fully saturated rings. The van der Waals surface area contributed by atoms with E-state index in [2.05, 4.69) is 23.2 Å². The third-order valence-corrected chi connectivity index (χ3v) is 5.71. The van der Waals surface area contributed by atoms with Crippen LogP contribution in [0.3, 0.4) is 0 Å². The number of carbonyl (C=O) groups is 1. The van der Waals surface area contributed by atoms with Crippen LogP contribution >= 0.6 is 11.6 Å². The van der Waals surface area contributed by atoms with E-state index in [1.54, 1.807) is 41.4 Å². The van der Waals surface area contributed by atoms with Gasteiger partial charge in [-0.3, -0.25) is 14.0 Å². The fraction of sp³-hybridized carbons (Fsp3) is 0.125. The Bertz CT molecular complexity index is 1380. The quantitative estimate of drug-likeness (QED) is 0.455. The summed E-state index contributed by atoms with van der Waals surface area (Å²) >= 11 is 6.08. The van der Waals surface area contributed by atoms with E-state index in [0.29, 0.717) is 40.2 Å². The summed E-state index contributed by atoms with van der Waals surface area (Å²) in [5, 5.41) is 0.965. The summed E-state index contributed by atoms with van der Waals surface area (Å²) < 4.78 is 1.43. The minimum atomic E-state index is -0.216. The SMILES string of the molecule is O=C(c1cccn2c(=O)c3ccc(Cl)cc3nc12)N1CC=C(c2ccccc2)CC1. The van der Waals surface area contributed by atoms with Crippen molar-refractivity contribution in [3.63, 3.8) is 0 Å². The van der Waals surface area contributed by atoms with Crippen LogP contribution in [0.1, 0.15) is 22.3 Å². The number of hydrogen-bond donors (Lipinski definition) is 0. The second kappa shape index (κ2) is 7.43. The van der Waals surface area contributed by atoms with Gasteiger partial charge in [-0.15, -0.1) is 0 Å². The van der Waals surface area contributed by atoms with Crippen LogP contribution in [-0.4, -0.2) is 33.3 Å². The lowest BCUT2D eigenvalue weighted by Gasteiger charge is -2.27. The number of amides is 1. The molecular weight excluding hydrogens is 398 g/mol. The number of pyridine rings is 1. The highest BCUT2D eigenvalue weighted by molar-refractivity contribution is 6.31. The molecule has 0 saturated carbocycles. The first kappa shape index (κ1) is 18.6. The van der Waals surface area contributed by atoms with Gasteiger partial charge in [0.05, 0.1) is 16.5 Å². The maximum Gasteiger partial charge on any atom is 0.265 e. The van der Waals surface area contributed by atoms with Gasteiger partial charge in [0.15, 0.2) is 5.65 Å². The fourth-order valence-electron chi connectivity index (χ4n) is 3.91. The number of benzene rings is 2. The van der Waals surface area contributed by atoms with Gasteiger partial charge in [-0.25, -0.2) is 4.98 Å². The highest BCUT2D eigenvalue weighted by Crippen LogP contribution is 2.24. The van der Waals surface area contributed by atoms with Crippen LogP contribution in [0.25, 0.3) is 22.1 Å². The molecule has 6 heteroatoms. The standard InChI is InChI=1S/C24H18ClN3O2/c25-18-8-9-19-21(15-18)26-22-20(7-4-12-28(22)24(19)30)23(29)27-13-10-17(11-14-27)16-5-2-1-3-6-16/h1-10,12,15H,11,13-14H2. The predicted molar refractivity (Wildman–Crippen MR) is 119 cm³/mol. The van der Waals surface area contributed by atoms with Crippen molar-refractivity contribution in [3.8, 4) is 0 Å². The van der Waals surface area contributed by atoms with E-state index < -0.39 is 0 Å². The first-order valence-electron chi connectivity index (χ1n) is 9.76. The van der Waals surface area contributed by atoms with E-state index >= 15 is 0 Å². The van der Waals surface area contributed by atoms with Crippen molar-refractivity contribution >= 4 is 39.6 Å². The van der Waals surface area contributed by atoms with E-state index in [-0.39, 0.29) is 11.5 Å². The Morgan fingerprint density at radius 2 is 1.87 bits per heavy atom. The molecule has 2 aromatic heterocycles. The van der Waals surface area contributed by atoms with E-state index in [1.807, 2.05) is 18.2 Å². The topological polar surface area (TPSA) is 54.7 Å².